The van der Waals surface area contributed by atoms with Gasteiger partial charge >= 0.3 is 0 Å². The standard InChI is InChI=1S/C23H14Br2N2O/c24-17-11-13-26-21(15-7-3-1-4-8-15)19(17)23(28)20-18(25)12-14-27-22(20)16-9-5-2-6-10-16/h1-14H. The summed E-state index contributed by atoms with van der Waals surface area (Å²) in [4.78, 5) is 22.7. The Kier molecular flexibility index (Phi) is 5.46. The summed E-state index contributed by atoms with van der Waals surface area (Å²) in [5.74, 6) is -0.141. The van der Waals surface area contributed by atoms with Crippen molar-refractivity contribution in [1.29, 1.82) is 0 Å². The normalized spacial score (nSPS) is 10.6. The van der Waals surface area contributed by atoms with E-state index in [2.05, 4.69) is 41.8 Å². The highest BCUT2D eigenvalue weighted by Gasteiger charge is 2.25. The molecule has 0 aliphatic rings. The van der Waals surface area contributed by atoms with Crippen molar-refractivity contribution in [3.8, 4) is 22.5 Å². The predicted octanol–water partition coefficient (Wildman–Crippen LogP) is 6.57. The van der Waals surface area contributed by atoms with Crippen LogP contribution in [0, 0.1) is 0 Å². The van der Waals surface area contributed by atoms with E-state index in [0.717, 1.165) is 11.1 Å². The molecule has 0 radical (unpaired) electrons. The maximum atomic E-state index is 13.7. The van der Waals surface area contributed by atoms with Crippen molar-refractivity contribution in [2.75, 3.05) is 0 Å². The molecule has 4 aromatic rings. The second kappa shape index (κ2) is 8.17. The number of benzene rings is 2. The molecule has 0 bridgehead atoms. The van der Waals surface area contributed by atoms with Gasteiger partial charge in [0.2, 0.25) is 0 Å². The Labute approximate surface area is 179 Å². The molecule has 2 heterocycles. The number of nitrogens with zero attached hydrogens (tertiary/aromatic N) is 2. The van der Waals surface area contributed by atoms with Crippen LogP contribution in [-0.2, 0) is 0 Å². The molecule has 2 aromatic heterocycles. The van der Waals surface area contributed by atoms with E-state index in [1.54, 1.807) is 24.5 Å². The molecule has 2 aromatic carbocycles. The first kappa shape index (κ1) is 18.7. The van der Waals surface area contributed by atoms with Crippen LogP contribution in [0.3, 0.4) is 0 Å². The molecule has 0 N–H and O–H groups in total. The molecule has 28 heavy (non-hydrogen) atoms. The summed E-state index contributed by atoms with van der Waals surface area (Å²) >= 11 is 7.10. The molecule has 0 spiro atoms. The second-order valence-corrected chi connectivity index (χ2v) is 7.80. The topological polar surface area (TPSA) is 42.9 Å². The van der Waals surface area contributed by atoms with Gasteiger partial charge in [0.1, 0.15) is 0 Å². The van der Waals surface area contributed by atoms with E-state index < -0.39 is 0 Å². The average molecular weight is 494 g/mol. The Morgan fingerprint density at radius 2 is 1.00 bits per heavy atom. The molecule has 0 saturated carbocycles. The lowest BCUT2D eigenvalue weighted by Crippen LogP contribution is -2.10. The molecule has 0 fully saturated rings. The quantitative estimate of drug-likeness (QED) is 0.302. The molecule has 4 rings (SSSR count). The Balaban J connectivity index is 1.94. The second-order valence-electron chi connectivity index (χ2n) is 6.09. The van der Waals surface area contributed by atoms with Crippen LogP contribution in [0.25, 0.3) is 22.5 Å². The number of halogens is 2. The van der Waals surface area contributed by atoms with Crippen LogP contribution in [0.15, 0.2) is 94.1 Å². The highest BCUT2D eigenvalue weighted by atomic mass is 79.9. The van der Waals surface area contributed by atoms with Gasteiger partial charge in [-0.15, -0.1) is 0 Å². The first-order chi connectivity index (χ1) is 13.7. The third-order valence-corrected chi connectivity index (χ3v) is 5.67. The first-order valence-electron chi connectivity index (χ1n) is 8.61. The van der Waals surface area contributed by atoms with Crippen LogP contribution in [0.1, 0.15) is 15.9 Å². The third-order valence-electron chi connectivity index (χ3n) is 4.35. The summed E-state index contributed by atoms with van der Waals surface area (Å²) in [6, 6.07) is 23.0. The number of ketones is 1. The van der Waals surface area contributed by atoms with E-state index in [1.807, 2.05) is 60.7 Å². The van der Waals surface area contributed by atoms with Crippen molar-refractivity contribution in [2.24, 2.45) is 0 Å². The lowest BCUT2D eigenvalue weighted by atomic mass is 9.95. The van der Waals surface area contributed by atoms with Gasteiger partial charge in [-0.25, -0.2) is 0 Å². The van der Waals surface area contributed by atoms with Crippen LogP contribution in [-0.4, -0.2) is 15.8 Å². The van der Waals surface area contributed by atoms with Gasteiger partial charge in [-0.2, -0.15) is 0 Å². The molecule has 0 aliphatic carbocycles. The first-order valence-corrected chi connectivity index (χ1v) is 10.2. The smallest absolute Gasteiger partial charge is 0.199 e. The zero-order valence-electron chi connectivity index (χ0n) is 14.6. The Hall–Kier alpha value is -2.63. The summed E-state index contributed by atoms with van der Waals surface area (Å²) in [6.45, 7) is 0. The third kappa shape index (κ3) is 3.55. The zero-order chi connectivity index (χ0) is 19.5. The van der Waals surface area contributed by atoms with Crippen LogP contribution < -0.4 is 0 Å². The lowest BCUT2D eigenvalue weighted by Gasteiger charge is -2.14. The van der Waals surface area contributed by atoms with Crippen LogP contribution in [0.2, 0.25) is 0 Å². The maximum Gasteiger partial charge on any atom is 0.199 e. The van der Waals surface area contributed by atoms with Crippen molar-refractivity contribution < 1.29 is 4.79 Å². The molecule has 0 saturated heterocycles. The number of rotatable bonds is 4. The summed E-state index contributed by atoms with van der Waals surface area (Å²) in [5, 5.41) is 0. The van der Waals surface area contributed by atoms with E-state index in [4.69, 9.17) is 0 Å². The monoisotopic (exact) mass is 492 g/mol. The Morgan fingerprint density at radius 3 is 1.39 bits per heavy atom. The highest BCUT2D eigenvalue weighted by molar-refractivity contribution is 9.11. The predicted molar refractivity (Wildman–Crippen MR) is 118 cm³/mol. The number of hydrogen-bond acceptors (Lipinski definition) is 3. The molecule has 0 amide bonds. The van der Waals surface area contributed by atoms with Gasteiger partial charge < -0.3 is 0 Å². The van der Waals surface area contributed by atoms with E-state index in [9.17, 15) is 4.79 Å². The minimum atomic E-state index is -0.141. The SMILES string of the molecule is O=C(c1c(Br)ccnc1-c1ccccc1)c1c(Br)ccnc1-c1ccccc1. The maximum absolute atomic E-state index is 13.7. The average Bonchev–Trinajstić information content (AvgIpc) is 2.74. The number of aromatic nitrogens is 2. The van der Waals surface area contributed by atoms with Crippen molar-refractivity contribution in [3.05, 3.63) is 105 Å². The Morgan fingerprint density at radius 1 is 0.607 bits per heavy atom. The fourth-order valence-electron chi connectivity index (χ4n) is 3.06. The fraction of sp³-hybridized carbons (Fsp3) is 0. The molecule has 136 valence electrons. The van der Waals surface area contributed by atoms with E-state index in [-0.39, 0.29) is 5.78 Å². The van der Waals surface area contributed by atoms with Gasteiger partial charge in [-0.3, -0.25) is 14.8 Å². The van der Waals surface area contributed by atoms with Crippen LogP contribution >= 0.6 is 31.9 Å². The van der Waals surface area contributed by atoms with Gasteiger partial charge in [-0.1, -0.05) is 60.7 Å². The zero-order valence-corrected chi connectivity index (χ0v) is 17.8. The fourth-order valence-corrected chi connectivity index (χ4v) is 4.04. The highest BCUT2D eigenvalue weighted by Crippen LogP contribution is 2.34. The summed E-state index contributed by atoms with van der Waals surface area (Å²) in [6.07, 6.45) is 3.39. The van der Waals surface area contributed by atoms with Crippen LogP contribution in [0.4, 0.5) is 0 Å². The van der Waals surface area contributed by atoms with Gasteiger partial charge in [-0.05, 0) is 44.0 Å². The van der Waals surface area contributed by atoms with Crippen molar-refractivity contribution in [2.45, 2.75) is 0 Å². The molecule has 5 heteroatoms. The minimum absolute atomic E-state index is 0.141. The molecule has 0 atom stereocenters. The molecular weight excluding hydrogens is 480 g/mol. The van der Waals surface area contributed by atoms with Crippen molar-refractivity contribution >= 4 is 37.6 Å². The number of carbonyl (C=O) groups excluding carboxylic acids is 1. The van der Waals surface area contributed by atoms with E-state index in [0.29, 0.717) is 31.5 Å². The van der Waals surface area contributed by atoms with Crippen molar-refractivity contribution in [1.82, 2.24) is 9.97 Å². The minimum Gasteiger partial charge on any atom is -0.288 e. The van der Waals surface area contributed by atoms with E-state index in [1.165, 1.54) is 0 Å². The van der Waals surface area contributed by atoms with E-state index >= 15 is 0 Å². The van der Waals surface area contributed by atoms with Crippen molar-refractivity contribution in [3.63, 3.8) is 0 Å². The van der Waals surface area contributed by atoms with Gasteiger partial charge in [0.05, 0.1) is 22.5 Å². The number of hydrogen-bond donors (Lipinski definition) is 0. The number of pyridine rings is 2. The van der Waals surface area contributed by atoms with Gasteiger partial charge in [0.25, 0.3) is 0 Å². The summed E-state index contributed by atoms with van der Waals surface area (Å²) in [5.41, 5.74) is 4.06. The molecule has 3 nitrogen and oxygen atoms in total. The molecular formula is C23H14Br2N2O. The summed E-state index contributed by atoms with van der Waals surface area (Å²) < 4.78 is 1.39. The van der Waals surface area contributed by atoms with Gasteiger partial charge in [0.15, 0.2) is 5.78 Å². The van der Waals surface area contributed by atoms with Gasteiger partial charge in [0, 0.05) is 32.5 Å². The largest absolute Gasteiger partial charge is 0.288 e. The number of carbonyl (C=O) groups is 1. The Bertz CT molecular complexity index is 1050. The molecule has 0 aliphatic heterocycles. The summed E-state index contributed by atoms with van der Waals surface area (Å²) in [7, 11) is 0. The van der Waals surface area contributed by atoms with Crippen LogP contribution in [0.5, 0.6) is 0 Å². The lowest BCUT2D eigenvalue weighted by molar-refractivity contribution is 0.103. The molecule has 0 unspecified atom stereocenters.